The summed E-state index contributed by atoms with van der Waals surface area (Å²) in [5, 5.41) is 4.22. The number of aryl methyl sites for hydroxylation is 1. The van der Waals surface area contributed by atoms with Crippen LogP contribution in [0.2, 0.25) is 0 Å². The third-order valence-electron chi connectivity index (χ3n) is 6.73. The molecule has 1 aliphatic rings. The highest BCUT2D eigenvalue weighted by molar-refractivity contribution is 6.24. The molecule has 6 rings (SSSR count). The zero-order chi connectivity index (χ0) is 26.9. The molecule has 1 aliphatic heterocycles. The van der Waals surface area contributed by atoms with E-state index in [0.717, 1.165) is 16.7 Å². The lowest BCUT2D eigenvalue weighted by Gasteiger charge is -2.14. The van der Waals surface area contributed by atoms with Crippen molar-refractivity contribution in [3.63, 3.8) is 0 Å². The molecular formula is C31H23FN4O3. The van der Waals surface area contributed by atoms with E-state index >= 15 is 0 Å². The van der Waals surface area contributed by atoms with E-state index in [1.165, 1.54) is 17.0 Å². The van der Waals surface area contributed by atoms with Crippen LogP contribution >= 0.6 is 0 Å². The number of fused-ring (bicyclic) bond motifs is 1. The van der Waals surface area contributed by atoms with Crippen LogP contribution in [0, 0.1) is 5.82 Å². The molecule has 8 heteroatoms. The van der Waals surface area contributed by atoms with Crippen molar-refractivity contribution in [3.05, 3.63) is 120 Å². The van der Waals surface area contributed by atoms with Crippen molar-refractivity contribution in [1.82, 2.24) is 19.7 Å². The van der Waals surface area contributed by atoms with Gasteiger partial charge in [0.25, 0.3) is 11.8 Å². The quantitative estimate of drug-likeness (QED) is 0.250. The Bertz CT molecular complexity index is 1690. The van der Waals surface area contributed by atoms with E-state index in [1.54, 1.807) is 59.7 Å². The first-order valence-electron chi connectivity index (χ1n) is 12.4. The molecule has 3 heterocycles. The van der Waals surface area contributed by atoms with E-state index < -0.39 is 0 Å². The van der Waals surface area contributed by atoms with E-state index in [2.05, 4.69) is 10.1 Å². The van der Waals surface area contributed by atoms with E-state index in [4.69, 9.17) is 4.74 Å². The van der Waals surface area contributed by atoms with Crippen molar-refractivity contribution < 1.29 is 18.7 Å². The van der Waals surface area contributed by atoms with Crippen LogP contribution in [0.15, 0.2) is 97.6 Å². The monoisotopic (exact) mass is 518 g/mol. The van der Waals surface area contributed by atoms with E-state index in [1.807, 2.05) is 37.5 Å². The molecule has 2 aromatic heterocycles. The average Bonchev–Trinajstić information content (AvgIpc) is 3.49. The largest absolute Gasteiger partial charge is 0.457 e. The minimum absolute atomic E-state index is 0.241. The molecule has 0 saturated carbocycles. The number of hydrogen-bond donors (Lipinski definition) is 0. The summed E-state index contributed by atoms with van der Waals surface area (Å²) in [7, 11) is 1.85. The molecule has 0 aliphatic carbocycles. The fourth-order valence-electron chi connectivity index (χ4n) is 4.75. The minimum Gasteiger partial charge on any atom is -0.457 e. The normalized spacial score (nSPS) is 12.6. The summed E-state index contributed by atoms with van der Waals surface area (Å²) < 4.78 is 21.3. The molecule has 0 saturated heterocycles. The van der Waals surface area contributed by atoms with Gasteiger partial charge in [-0.2, -0.15) is 5.10 Å². The number of halogens is 1. The van der Waals surface area contributed by atoms with Crippen LogP contribution in [0.5, 0.6) is 11.5 Å². The van der Waals surface area contributed by atoms with Crippen LogP contribution in [0.3, 0.4) is 0 Å². The van der Waals surface area contributed by atoms with E-state index in [-0.39, 0.29) is 24.2 Å². The predicted octanol–water partition coefficient (Wildman–Crippen LogP) is 5.92. The Hall–Kier alpha value is -5.11. The predicted molar refractivity (Wildman–Crippen MR) is 144 cm³/mol. The smallest absolute Gasteiger partial charge is 0.262 e. The molecule has 0 fully saturated rings. The maximum atomic E-state index is 13.4. The first-order valence-corrected chi connectivity index (χ1v) is 12.4. The second-order valence-corrected chi connectivity index (χ2v) is 9.27. The molecule has 0 radical (unpaired) electrons. The number of rotatable bonds is 7. The number of carbonyl (C=O) groups excluding carboxylic acids is 2. The van der Waals surface area contributed by atoms with Gasteiger partial charge in [0, 0.05) is 43.3 Å². The Balaban J connectivity index is 1.15. The summed E-state index contributed by atoms with van der Waals surface area (Å²) >= 11 is 0. The van der Waals surface area contributed by atoms with Crippen molar-refractivity contribution in [2.75, 3.05) is 6.54 Å². The van der Waals surface area contributed by atoms with Gasteiger partial charge in [0.05, 0.1) is 17.3 Å². The van der Waals surface area contributed by atoms with Gasteiger partial charge in [0.1, 0.15) is 17.3 Å². The average molecular weight is 519 g/mol. The van der Waals surface area contributed by atoms with Crippen LogP contribution in [0.25, 0.3) is 22.3 Å². The van der Waals surface area contributed by atoms with Gasteiger partial charge in [0.15, 0.2) is 0 Å². The number of benzene rings is 3. The second-order valence-electron chi connectivity index (χ2n) is 9.27. The van der Waals surface area contributed by atoms with Crippen molar-refractivity contribution in [1.29, 1.82) is 0 Å². The molecule has 7 nitrogen and oxygen atoms in total. The fourth-order valence-corrected chi connectivity index (χ4v) is 4.75. The summed E-state index contributed by atoms with van der Waals surface area (Å²) in [6.07, 6.45) is 7.56. The first-order chi connectivity index (χ1) is 19.0. The van der Waals surface area contributed by atoms with Gasteiger partial charge in [-0.1, -0.05) is 36.4 Å². The van der Waals surface area contributed by atoms with Crippen LogP contribution in [0.4, 0.5) is 4.39 Å². The van der Waals surface area contributed by atoms with Gasteiger partial charge in [0.2, 0.25) is 0 Å². The SMILES string of the molecule is Cn1cc(-c2cnccc2Oc2ccc(CCN3C(=O)c4cccc(-c5ccc(F)cc5)c4C3=O)cc2)cn1. The van der Waals surface area contributed by atoms with Crippen LogP contribution in [-0.4, -0.2) is 38.0 Å². The highest BCUT2D eigenvalue weighted by Gasteiger charge is 2.37. The van der Waals surface area contributed by atoms with Crippen LogP contribution in [-0.2, 0) is 13.5 Å². The minimum atomic E-state index is -0.360. The highest BCUT2D eigenvalue weighted by Crippen LogP contribution is 2.34. The molecule has 0 unspecified atom stereocenters. The second kappa shape index (κ2) is 9.98. The van der Waals surface area contributed by atoms with Crippen LogP contribution < -0.4 is 4.74 Å². The molecule has 3 aromatic carbocycles. The van der Waals surface area contributed by atoms with Crippen molar-refractivity contribution in [3.8, 4) is 33.8 Å². The number of aromatic nitrogens is 3. The van der Waals surface area contributed by atoms with E-state index in [0.29, 0.717) is 40.2 Å². The molecule has 0 bridgehead atoms. The maximum absolute atomic E-state index is 13.4. The summed E-state index contributed by atoms with van der Waals surface area (Å²) in [6, 6.07) is 20.5. The topological polar surface area (TPSA) is 77.3 Å². The Labute approximate surface area is 224 Å². The highest BCUT2D eigenvalue weighted by atomic mass is 19.1. The number of pyridine rings is 1. The Morgan fingerprint density at radius 3 is 2.33 bits per heavy atom. The Morgan fingerprint density at radius 1 is 0.821 bits per heavy atom. The lowest BCUT2D eigenvalue weighted by Crippen LogP contribution is -2.31. The van der Waals surface area contributed by atoms with Gasteiger partial charge in [-0.15, -0.1) is 0 Å². The van der Waals surface area contributed by atoms with Crippen molar-refractivity contribution in [2.24, 2.45) is 7.05 Å². The lowest BCUT2D eigenvalue weighted by atomic mass is 9.96. The zero-order valence-corrected chi connectivity index (χ0v) is 21.0. The Kier molecular flexibility index (Phi) is 6.20. The first kappa shape index (κ1) is 24.2. The molecule has 192 valence electrons. The fraction of sp³-hybridized carbons (Fsp3) is 0.0968. The van der Waals surface area contributed by atoms with Crippen LogP contribution in [0.1, 0.15) is 26.3 Å². The molecule has 0 atom stereocenters. The standard InChI is InChI=1S/C31H23FN4O3/c1-35-19-22(17-34-35)27-18-33-15-13-28(27)39-24-11-5-20(6-12-24)14-16-36-30(37)26-4-2-3-25(29(26)31(36)38)21-7-9-23(32)10-8-21/h2-13,15,17-19H,14,16H2,1H3. The molecule has 0 N–H and O–H groups in total. The summed E-state index contributed by atoms with van der Waals surface area (Å²) in [4.78, 5) is 31.9. The van der Waals surface area contributed by atoms with Crippen molar-refractivity contribution in [2.45, 2.75) is 6.42 Å². The molecule has 5 aromatic rings. The number of imide groups is 1. The zero-order valence-electron chi connectivity index (χ0n) is 21.0. The van der Waals surface area contributed by atoms with Crippen molar-refractivity contribution >= 4 is 11.8 Å². The van der Waals surface area contributed by atoms with Gasteiger partial charge in [-0.25, -0.2) is 4.39 Å². The van der Waals surface area contributed by atoms with Gasteiger partial charge < -0.3 is 4.74 Å². The lowest BCUT2D eigenvalue weighted by molar-refractivity contribution is 0.0656. The maximum Gasteiger partial charge on any atom is 0.262 e. The van der Waals surface area contributed by atoms with E-state index in [9.17, 15) is 14.0 Å². The van der Waals surface area contributed by atoms with Gasteiger partial charge >= 0.3 is 0 Å². The molecular weight excluding hydrogens is 495 g/mol. The third-order valence-corrected chi connectivity index (χ3v) is 6.73. The summed E-state index contributed by atoms with van der Waals surface area (Å²) in [6.45, 7) is 0.241. The molecule has 0 spiro atoms. The number of carbonyl (C=O) groups is 2. The Morgan fingerprint density at radius 2 is 1.59 bits per heavy atom. The number of nitrogens with zero attached hydrogens (tertiary/aromatic N) is 4. The summed E-state index contributed by atoms with van der Waals surface area (Å²) in [5.74, 6) is 0.296. The summed E-state index contributed by atoms with van der Waals surface area (Å²) in [5.41, 5.74) is 4.73. The number of hydrogen-bond acceptors (Lipinski definition) is 5. The van der Waals surface area contributed by atoms with Gasteiger partial charge in [-0.3, -0.25) is 24.2 Å². The molecule has 39 heavy (non-hydrogen) atoms. The number of amides is 2. The number of ether oxygens (including phenoxy) is 1. The van der Waals surface area contributed by atoms with Gasteiger partial charge in [-0.05, 0) is 59.5 Å². The third kappa shape index (κ3) is 4.68. The molecule has 2 amide bonds.